The largest absolute Gasteiger partial charge is 0.378 e. The first kappa shape index (κ1) is 17.8. The van der Waals surface area contributed by atoms with Crippen molar-refractivity contribution in [2.45, 2.75) is 13.5 Å². The van der Waals surface area contributed by atoms with Gasteiger partial charge in [0.2, 0.25) is 0 Å². The topological polar surface area (TPSA) is 50.6 Å². The smallest absolute Gasteiger partial charge is 0.258 e. The molecule has 0 unspecified atom stereocenters. The highest BCUT2D eigenvalue weighted by Crippen LogP contribution is 2.25. The lowest BCUT2D eigenvalue weighted by molar-refractivity contribution is 0.0784. The van der Waals surface area contributed by atoms with E-state index in [0.29, 0.717) is 23.0 Å². The number of carbonyl (C=O) groups excluding carboxylic acids is 1. The highest BCUT2D eigenvalue weighted by atomic mass is 35.5. The van der Waals surface area contributed by atoms with Crippen molar-refractivity contribution in [3.63, 3.8) is 0 Å². The van der Waals surface area contributed by atoms with Crippen molar-refractivity contribution in [3.05, 3.63) is 46.2 Å². The number of ether oxygens (including phenoxy) is 1. The first-order chi connectivity index (χ1) is 12.0. The molecule has 1 aromatic carbocycles. The summed E-state index contributed by atoms with van der Waals surface area (Å²) < 4.78 is 6.96. The minimum Gasteiger partial charge on any atom is -0.378 e. The van der Waals surface area contributed by atoms with Gasteiger partial charge in [0.1, 0.15) is 5.15 Å². The molecular weight excluding hydrogens is 340 g/mol. The lowest BCUT2D eigenvalue weighted by atomic mass is 10.1. The maximum atomic E-state index is 12.8. The monoisotopic (exact) mass is 362 g/mol. The summed E-state index contributed by atoms with van der Waals surface area (Å²) in [5, 5.41) is 4.60. The molecule has 0 radical (unpaired) electrons. The quantitative estimate of drug-likeness (QED) is 0.838. The maximum Gasteiger partial charge on any atom is 0.258 e. The number of carbonyl (C=O) groups is 1. The zero-order chi connectivity index (χ0) is 18.0. The number of morpholine rings is 1. The van der Waals surface area contributed by atoms with E-state index in [1.54, 1.807) is 25.9 Å². The molecule has 7 heteroatoms. The maximum absolute atomic E-state index is 12.8. The highest BCUT2D eigenvalue weighted by molar-refractivity contribution is 6.33. The van der Waals surface area contributed by atoms with Gasteiger partial charge in [-0.3, -0.25) is 9.48 Å². The Bertz CT molecular complexity index is 768. The van der Waals surface area contributed by atoms with Crippen LogP contribution in [0.25, 0.3) is 0 Å². The molecule has 1 saturated heterocycles. The molecule has 2 heterocycles. The molecule has 25 heavy (non-hydrogen) atoms. The second-order valence-electron chi connectivity index (χ2n) is 6.26. The third-order valence-electron chi connectivity index (χ3n) is 4.46. The summed E-state index contributed by atoms with van der Waals surface area (Å²) in [4.78, 5) is 16.8. The van der Waals surface area contributed by atoms with Gasteiger partial charge < -0.3 is 14.5 Å². The predicted molar refractivity (Wildman–Crippen MR) is 98.2 cm³/mol. The Balaban J connectivity index is 1.81. The summed E-state index contributed by atoms with van der Waals surface area (Å²) in [5.74, 6) is -0.118. The minimum absolute atomic E-state index is 0.118. The van der Waals surface area contributed by atoms with E-state index in [9.17, 15) is 4.79 Å². The number of halogens is 1. The zero-order valence-corrected chi connectivity index (χ0v) is 15.6. The van der Waals surface area contributed by atoms with E-state index in [4.69, 9.17) is 16.3 Å². The van der Waals surface area contributed by atoms with E-state index in [-0.39, 0.29) is 5.91 Å². The van der Waals surface area contributed by atoms with Crippen LogP contribution in [-0.2, 0) is 18.3 Å². The summed E-state index contributed by atoms with van der Waals surface area (Å²) in [5.41, 5.74) is 3.37. The second-order valence-corrected chi connectivity index (χ2v) is 6.62. The summed E-state index contributed by atoms with van der Waals surface area (Å²) in [6.45, 7) is 5.50. The van der Waals surface area contributed by atoms with Gasteiger partial charge in [0.15, 0.2) is 0 Å². The molecule has 3 rings (SSSR count). The van der Waals surface area contributed by atoms with Crippen molar-refractivity contribution in [2.75, 3.05) is 38.3 Å². The van der Waals surface area contributed by atoms with Crippen molar-refractivity contribution in [3.8, 4) is 0 Å². The summed E-state index contributed by atoms with van der Waals surface area (Å²) in [6.07, 6.45) is 0. The molecule has 0 saturated carbocycles. The Labute approximate surface area is 152 Å². The standard InChI is InChI=1S/C18H23ClN4O2/c1-13-16(17(19)22(3)20-13)18(24)21(2)12-14-6-4-5-7-15(14)23-8-10-25-11-9-23/h4-7H,8-12H2,1-3H3. The Kier molecular flexibility index (Phi) is 5.30. The molecule has 134 valence electrons. The van der Waals surface area contributed by atoms with Gasteiger partial charge in [-0.05, 0) is 18.6 Å². The van der Waals surface area contributed by atoms with Crippen LogP contribution >= 0.6 is 11.6 Å². The summed E-state index contributed by atoms with van der Waals surface area (Å²) in [6, 6.07) is 8.19. The van der Waals surface area contributed by atoms with Gasteiger partial charge in [0.05, 0.1) is 24.5 Å². The number of benzene rings is 1. The van der Waals surface area contributed by atoms with Crippen molar-refractivity contribution >= 4 is 23.2 Å². The molecule has 0 aliphatic carbocycles. The normalized spacial score (nSPS) is 14.6. The number of amides is 1. The molecule has 0 atom stereocenters. The van der Waals surface area contributed by atoms with Gasteiger partial charge in [-0.25, -0.2) is 0 Å². The Morgan fingerprint density at radius 3 is 2.64 bits per heavy atom. The first-order valence-corrected chi connectivity index (χ1v) is 8.72. The van der Waals surface area contributed by atoms with Crippen LogP contribution in [-0.4, -0.2) is 53.9 Å². The van der Waals surface area contributed by atoms with Crippen molar-refractivity contribution < 1.29 is 9.53 Å². The van der Waals surface area contributed by atoms with E-state index < -0.39 is 0 Å². The van der Waals surface area contributed by atoms with Crippen molar-refractivity contribution in [1.82, 2.24) is 14.7 Å². The van der Waals surface area contributed by atoms with Gasteiger partial charge in [0, 0.05) is 39.4 Å². The fraction of sp³-hybridized carbons (Fsp3) is 0.444. The first-order valence-electron chi connectivity index (χ1n) is 8.34. The molecule has 0 N–H and O–H groups in total. The SMILES string of the molecule is Cc1nn(C)c(Cl)c1C(=O)N(C)Cc1ccccc1N1CCOCC1. The van der Waals surface area contributed by atoms with Crippen LogP contribution in [0.3, 0.4) is 0 Å². The third-order valence-corrected chi connectivity index (χ3v) is 4.90. The van der Waals surface area contributed by atoms with Crippen LogP contribution in [0, 0.1) is 6.92 Å². The zero-order valence-electron chi connectivity index (χ0n) is 14.8. The van der Waals surface area contributed by atoms with Crippen LogP contribution in [0.1, 0.15) is 21.6 Å². The molecule has 1 aromatic heterocycles. The van der Waals surface area contributed by atoms with Gasteiger partial charge >= 0.3 is 0 Å². The molecule has 1 fully saturated rings. The van der Waals surface area contributed by atoms with Gasteiger partial charge in [-0.1, -0.05) is 29.8 Å². The highest BCUT2D eigenvalue weighted by Gasteiger charge is 2.23. The van der Waals surface area contributed by atoms with Crippen LogP contribution < -0.4 is 4.90 Å². The van der Waals surface area contributed by atoms with Crippen LogP contribution in [0.2, 0.25) is 5.15 Å². The minimum atomic E-state index is -0.118. The molecule has 0 bridgehead atoms. The lowest BCUT2D eigenvalue weighted by Crippen LogP contribution is -2.37. The lowest BCUT2D eigenvalue weighted by Gasteiger charge is -2.31. The number of rotatable bonds is 4. The molecule has 0 spiro atoms. The number of anilines is 1. The Morgan fingerprint density at radius 1 is 1.32 bits per heavy atom. The molecule has 1 amide bonds. The third kappa shape index (κ3) is 3.65. The van der Waals surface area contributed by atoms with Gasteiger partial charge in [0.25, 0.3) is 5.91 Å². The number of nitrogens with zero attached hydrogens (tertiary/aromatic N) is 4. The molecule has 6 nitrogen and oxygen atoms in total. The van der Waals surface area contributed by atoms with Gasteiger partial charge in [-0.15, -0.1) is 0 Å². The number of hydrogen-bond acceptors (Lipinski definition) is 4. The summed E-state index contributed by atoms with van der Waals surface area (Å²) >= 11 is 6.24. The summed E-state index contributed by atoms with van der Waals surface area (Å²) in [7, 11) is 3.53. The molecule has 2 aromatic rings. The van der Waals surface area contributed by atoms with E-state index in [1.165, 1.54) is 4.68 Å². The second kappa shape index (κ2) is 7.45. The number of aromatic nitrogens is 2. The van der Waals surface area contributed by atoms with E-state index >= 15 is 0 Å². The van der Waals surface area contributed by atoms with Crippen LogP contribution in [0.15, 0.2) is 24.3 Å². The fourth-order valence-electron chi connectivity index (χ4n) is 3.15. The van der Waals surface area contributed by atoms with E-state index in [0.717, 1.165) is 37.6 Å². The molecule has 1 aliphatic heterocycles. The fourth-order valence-corrected chi connectivity index (χ4v) is 3.40. The molecular formula is C18H23ClN4O2. The number of para-hydroxylation sites is 1. The van der Waals surface area contributed by atoms with E-state index in [1.807, 2.05) is 12.1 Å². The van der Waals surface area contributed by atoms with Crippen molar-refractivity contribution in [1.29, 1.82) is 0 Å². The van der Waals surface area contributed by atoms with Gasteiger partial charge in [-0.2, -0.15) is 5.10 Å². The Morgan fingerprint density at radius 2 is 2.00 bits per heavy atom. The van der Waals surface area contributed by atoms with Crippen molar-refractivity contribution in [2.24, 2.45) is 7.05 Å². The molecule has 1 aliphatic rings. The average Bonchev–Trinajstić information content (AvgIpc) is 2.87. The van der Waals surface area contributed by atoms with Crippen LogP contribution in [0.5, 0.6) is 0 Å². The van der Waals surface area contributed by atoms with E-state index in [2.05, 4.69) is 22.1 Å². The number of aryl methyl sites for hydroxylation is 2. The predicted octanol–water partition coefficient (Wildman–Crippen LogP) is 2.49. The Hall–Kier alpha value is -2.05. The van der Waals surface area contributed by atoms with Crippen LogP contribution in [0.4, 0.5) is 5.69 Å². The number of hydrogen-bond donors (Lipinski definition) is 0. The average molecular weight is 363 g/mol.